The van der Waals surface area contributed by atoms with Gasteiger partial charge >= 0.3 is 0 Å². The van der Waals surface area contributed by atoms with Gasteiger partial charge in [-0.15, -0.1) is 0 Å². The highest BCUT2D eigenvalue weighted by Gasteiger charge is 2.28. The van der Waals surface area contributed by atoms with Gasteiger partial charge in [0, 0.05) is 24.8 Å². The molecule has 90 valence electrons. The minimum Gasteiger partial charge on any atom is -0.293 e. The molecule has 2 atom stereocenters. The van der Waals surface area contributed by atoms with Crippen molar-refractivity contribution >= 4 is 0 Å². The second kappa shape index (κ2) is 5.29. The van der Waals surface area contributed by atoms with E-state index in [4.69, 9.17) is 5.26 Å². The highest BCUT2D eigenvalue weighted by Crippen LogP contribution is 2.27. The van der Waals surface area contributed by atoms with Crippen LogP contribution in [0.25, 0.3) is 0 Å². The molecule has 0 amide bonds. The van der Waals surface area contributed by atoms with Crippen molar-refractivity contribution < 1.29 is 0 Å². The van der Waals surface area contributed by atoms with Gasteiger partial charge in [0.15, 0.2) is 0 Å². The van der Waals surface area contributed by atoms with Gasteiger partial charge in [-0.2, -0.15) is 5.26 Å². The Morgan fingerprint density at radius 2 is 2.35 bits per heavy atom. The fourth-order valence-corrected chi connectivity index (χ4v) is 2.69. The van der Waals surface area contributed by atoms with Crippen molar-refractivity contribution in [2.75, 3.05) is 0 Å². The number of hydrogen-bond acceptors (Lipinski definition) is 3. The van der Waals surface area contributed by atoms with Crippen LogP contribution in [0.15, 0.2) is 18.3 Å². The summed E-state index contributed by atoms with van der Waals surface area (Å²) in [6.07, 6.45) is 5.53. The van der Waals surface area contributed by atoms with E-state index in [0.29, 0.717) is 17.8 Å². The van der Waals surface area contributed by atoms with Crippen molar-refractivity contribution in [1.29, 1.82) is 5.26 Å². The molecule has 1 aliphatic heterocycles. The van der Waals surface area contributed by atoms with Crippen LogP contribution in [0.1, 0.15) is 44.4 Å². The summed E-state index contributed by atoms with van der Waals surface area (Å²) in [6.45, 7) is 5.49. The lowest BCUT2D eigenvalue weighted by atomic mass is 10.1. The third kappa shape index (κ3) is 2.65. The number of nitriles is 1. The lowest BCUT2D eigenvalue weighted by molar-refractivity contribution is 0.189. The molecule has 0 aromatic carbocycles. The Balaban J connectivity index is 2.11. The molecule has 0 spiro atoms. The number of nitrogens with zero attached hydrogens (tertiary/aromatic N) is 3. The molecule has 3 heteroatoms. The second-order valence-electron chi connectivity index (χ2n) is 4.82. The number of likely N-dealkylation sites (tertiary alicyclic amines) is 1. The van der Waals surface area contributed by atoms with E-state index >= 15 is 0 Å². The Bertz CT molecular complexity index is 422. The summed E-state index contributed by atoms with van der Waals surface area (Å²) in [5.41, 5.74) is 1.71. The average molecular weight is 229 g/mol. The Kier molecular flexibility index (Phi) is 3.75. The lowest BCUT2D eigenvalue weighted by Crippen LogP contribution is -2.33. The minimum absolute atomic E-state index is 0.516. The molecule has 2 unspecified atom stereocenters. The molecule has 1 aliphatic rings. The summed E-state index contributed by atoms with van der Waals surface area (Å²) in [4.78, 5) is 6.56. The largest absolute Gasteiger partial charge is 0.293 e. The van der Waals surface area contributed by atoms with Crippen molar-refractivity contribution in [2.45, 2.75) is 51.7 Å². The van der Waals surface area contributed by atoms with E-state index in [1.165, 1.54) is 24.8 Å². The molecule has 2 rings (SSSR count). The van der Waals surface area contributed by atoms with Gasteiger partial charge in [0.05, 0.1) is 0 Å². The van der Waals surface area contributed by atoms with Gasteiger partial charge in [-0.3, -0.25) is 4.90 Å². The number of rotatable bonds is 3. The van der Waals surface area contributed by atoms with Crippen LogP contribution in [0.3, 0.4) is 0 Å². The zero-order valence-corrected chi connectivity index (χ0v) is 10.6. The molecular weight excluding hydrogens is 210 g/mol. The predicted octanol–water partition coefficient (Wildman–Crippen LogP) is 2.72. The summed E-state index contributed by atoms with van der Waals surface area (Å²) in [5.74, 6) is 0. The van der Waals surface area contributed by atoms with Crippen molar-refractivity contribution in [1.82, 2.24) is 9.88 Å². The Morgan fingerprint density at radius 3 is 3.06 bits per heavy atom. The Morgan fingerprint density at radius 1 is 1.53 bits per heavy atom. The zero-order valence-electron chi connectivity index (χ0n) is 10.6. The van der Waals surface area contributed by atoms with Gasteiger partial charge < -0.3 is 0 Å². The van der Waals surface area contributed by atoms with E-state index in [9.17, 15) is 0 Å². The highest BCUT2D eigenvalue weighted by atomic mass is 15.2. The van der Waals surface area contributed by atoms with E-state index in [1.807, 2.05) is 12.1 Å². The fourth-order valence-electron chi connectivity index (χ4n) is 2.69. The van der Waals surface area contributed by atoms with Crippen LogP contribution >= 0.6 is 0 Å². The molecule has 17 heavy (non-hydrogen) atoms. The Labute approximate surface area is 103 Å². The van der Waals surface area contributed by atoms with Crippen molar-refractivity contribution in [2.24, 2.45) is 0 Å². The van der Waals surface area contributed by atoms with Crippen LogP contribution in [-0.4, -0.2) is 22.0 Å². The topological polar surface area (TPSA) is 39.9 Å². The first-order valence-electron chi connectivity index (χ1n) is 6.35. The van der Waals surface area contributed by atoms with Gasteiger partial charge in [-0.25, -0.2) is 4.98 Å². The third-order valence-corrected chi connectivity index (χ3v) is 3.73. The highest BCUT2D eigenvalue weighted by molar-refractivity contribution is 5.25. The molecule has 1 aromatic rings. The SMILES string of the molecule is CCC1CCC(C)N1Cc1ccnc(C#N)c1. The first-order valence-corrected chi connectivity index (χ1v) is 6.35. The van der Waals surface area contributed by atoms with E-state index in [2.05, 4.69) is 29.8 Å². The van der Waals surface area contributed by atoms with E-state index in [1.54, 1.807) is 6.20 Å². The van der Waals surface area contributed by atoms with E-state index in [-0.39, 0.29) is 0 Å². The van der Waals surface area contributed by atoms with E-state index < -0.39 is 0 Å². The summed E-state index contributed by atoms with van der Waals surface area (Å²) in [5, 5.41) is 8.85. The smallest absolute Gasteiger partial charge is 0.140 e. The predicted molar refractivity (Wildman–Crippen MR) is 67.3 cm³/mol. The van der Waals surface area contributed by atoms with Gasteiger partial charge in [0.1, 0.15) is 11.8 Å². The molecule has 2 heterocycles. The van der Waals surface area contributed by atoms with Crippen LogP contribution in [0, 0.1) is 11.3 Å². The molecular formula is C14H19N3. The molecule has 0 radical (unpaired) electrons. The lowest BCUT2D eigenvalue weighted by Gasteiger charge is -2.27. The van der Waals surface area contributed by atoms with Crippen LogP contribution < -0.4 is 0 Å². The minimum atomic E-state index is 0.516. The molecule has 0 aliphatic carbocycles. The maximum atomic E-state index is 8.85. The maximum Gasteiger partial charge on any atom is 0.140 e. The van der Waals surface area contributed by atoms with Gasteiger partial charge in [-0.1, -0.05) is 6.92 Å². The summed E-state index contributed by atoms with van der Waals surface area (Å²) < 4.78 is 0. The number of pyridine rings is 1. The fraction of sp³-hybridized carbons (Fsp3) is 0.571. The number of aromatic nitrogens is 1. The molecule has 0 N–H and O–H groups in total. The third-order valence-electron chi connectivity index (χ3n) is 3.73. The zero-order chi connectivity index (χ0) is 12.3. The standard InChI is InChI=1S/C14H19N3/c1-3-14-5-4-11(2)17(14)10-12-6-7-16-13(8-12)9-15/h6-8,11,14H,3-5,10H2,1-2H3. The first kappa shape index (κ1) is 12.1. The van der Waals surface area contributed by atoms with Crippen molar-refractivity contribution in [3.63, 3.8) is 0 Å². The molecule has 1 aromatic heterocycles. The monoisotopic (exact) mass is 229 g/mol. The van der Waals surface area contributed by atoms with Gasteiger partial charge in [0.25, 0.3) is 0 Å². The first-order chi connectivity index (χ1) is 8.24. The normalized spacial score (nSPS) is 24.8. The molecule has 0 bridgehead atoms. The second-order valence-corrected chi connectivity index (χ2v) is 4.82. The average Bonchev–Trinajstić information content (AvgIpc) is 2.71. The molecule has 1 saturated heterocycles. The van der Waals surface area contributed by atoms with Crippen LogP contribution in [0.2, 0.25) is 0 Å². The van der Waals surface area contributed by atoms with Crippen molar-refractivity contribution in [3.8, 4) is 6.07 Å². The quantitative estimate of drug-likeness (QED) is 0.800. The van der Waals surface area contributed by atoms with Crippen LogP contribution in [-0.2, 0) is 6.54 Å². The van der Waals surface area contributed by atoms with Gasteiger partial charge in [0.2, 0.25) is 0 Å². The summed E-state index contributed by atoms with van der Waals surface area (Å²) in [6, 6.07) is 7.36. The van der Waals surface area contributed by atoms with E-state index in [0.717, 1.165) is 6.54 Å². The Hall–Kier alpha value is -1.40. The number of hydrogen-bond donors (Lipinski definition) is 0. The molecule has 0 saturated carbocycles. The summed E-state index contributed by atoms with van der Waals surface area (Å²) in [7, 11) is 0. The summed E-state index contributed by atoms with van der Waals surface area (Å²) >= 11 is 0. The molecule has 3 nitrogen and oxygen atoms in total. The van der Waals surface area contributed by atoms with Crippen LogP contribution in [0.4, 0.5) is 0 Å². The van der Waals surface area contributed by atoms with Crippen molar-refractivity contribution in [3.05, 3.63) is 29.6 Å². The van der Waals surface area contributed by atoms with Gasteiger partial charge in [-0.05, 0) is 43.9 Å². The molecule has 1 fully saturated rings. The maximum absolute atomic E-state index is 8.85. The van der Waals surface area contributed by atoms with Crippen LogP contribution in [0.5, 0.6) is 0 Å².